The van der Waals surface area contributed by atoms with Crippen LogP contribution in [0.15, 0.2) is 48.5 Å². The highest BCUT2D eigenvalue weighted by Crippen LogP contribution is 2.16. The van der Waals surface area contributed by atoms with E-state index >= 15 is 0 Å². The Labute approximate surface area is 175 Å². The van der Waals surface area contributed by atoms with Crippen LogP contribution in [-0.2, 0) is 22.6 Å². The molecule has 0 heterocycles. The summed E-state index contributed by atoms with van der Waals surface area (Å²) in [7, 11) is 0. The molecule has 0 radical (unpaired) electrons. The van der Waals surface area contributed by atoms with Crippen LogP contribution < -0.4 is 5.32 Å². The maximum atomic E-state index is 13.3. The van der Waals surface area contributed by atoms with Crippen LogP contribution in [0.1, 0.15) is 56.4 Å². The summed E-state index contributed by atoms with van der Waals surface area (Å²) < 4.78 is 0. The highest BCUT2D eigenvalue weighted by atomic mass is 16.2. The Hall–Kier alpha value is -2.62. The van der Waals surface area contributed by atoms with E-state index in [1.54, 1.807) is 4.90 Å². The summed E-state index contributed by atoms with van der Waals surface area (Å²) in [6, 6.07) is 15.6. The number of carbonyl (C=O) groups is 2. The topological polar surface area (TPSA) is 49.4 Å². The van der Waals surface area contributed by atoms with Gasteiger partial charge in [0, 0.05) is 12.1 Å². The number of benzene rings is 2. The second-order valence-electron chi connectivity index (χ2n) is 8.83. The van der Waals surface area contributed by atoms with Crippen molar-refractivity contribution in [1.29, 1.82) is 0 Å². The van der Waals surface area contributed by atoms with Crippen molar-refractivity contribution in [3.8, 4) is 0 Å². The highest BCUT2D eigenvalue weighted by Gasteiger charge is 2.30. The predicted molar refractivity (Wildman–Crippen MR) is 119 cm³/mol. The van der Waals surface area contributed by atoms with Gasteiger partial charge in [0.25, 0.3) is 0 Å². The van der Waals surface area contributed by atoms with Crippen LogP contribution in [0.4, 0.5) is 0 Å². The van der Waals surface area contributed by atoms with Crippen LogP contribution in [0.5, 0.6) is 0 Å². The predicted octanol–water partition coefficient (Wildman–Crippen LogP) is 4.57. The van der Waals surface area contributed by atoms with Gasteiger partial charge in [-0.05, 0) is 52.2 Å². The van der Waals surface area contributed by atoms with Crippen LogP contribution >= 0.6 is 0 Å². The Morgan fingerprint density at radius 3 is 1.83 bits per heavy atom. The van der Waals surface area contributed by atoms with Crippen molar-refractivity contribution in [2.75, 3.05) is 0 Å². The summed E-state index contributed by atoms with van der Waals surface area (Å²) in [6.45, 7) is 12.3. The second-order valence-corrected chi connectivity index (χ2v) is 8.83. The molecule has 1 N–H and O–H groups in total. The minimum Gasteiger partial charge on any atom is -0.350 e. The molecular formula is C25H34N2O2. The van der Waals surface area contributed by atoms with Gasteiger partial charge in [0.15, 0.2) is 0 Å². The summed E-state index contributed by atoms with van der Waals surface area (Å²) in [5.74, 6) is -0.144. The summed E-state index contributed by atoms with van der Waals surface area (Å²) in [5.41, 5.74) is 3.97. The average molecular weight is 395 g/mol. The number of nitrogens with one attached hydrogen (secondary N) is 1. The zero-order valence-corrected chi connectivity index (χ0v) is 18.6. The van der Waals surface area contributed by atoms with E-state index in [9.17, 15) is 9.59 Å². The van der Waals surface area contributed by atoms with Crippen molar-refractivity contribution in [3.63, 3.8) is 0 Å². The van der Waals surface area contributed by atoms with E-state index < -0.39 is 6.04 Å². The van der Waals surface area contributed by atoms with E-state index in [0.29, 0.717) is 13.0 Å². The van der Waals surface area contributed by atoms with Crippen LogP contribution in [0.3, 0.4) is 0 Å². The molecule has 0 saturated heterocycles. The zero-order chi connectivity index (χ0) is 21.6. The Balaban J connectivity index is 2.29. The number of rotatable bonds is 7. The summed E-state index contributed by atoms with van der Waals surface area (Å²) in [4.78, 5) is 28.0. The molecule has 2 rings (SSSR count). The van der Waals surface area contributed by atoms with Crippen LogP contribution in [0.25, 0.3) is 0 Å². The third-order valence-corrected chi connectivity index (χ3v) is 4.83. The van der Waals surface area contributed by atoms with E-state index in [1.165, 1.54) is 5.56 Å². The molecule has 2 amide bonds. The molecule has 2 aromatic rings. The maximum absolute atomic E-state index is 13.3. The first-order chi connectivity index (χ1) is 13.6. The van der Waals surface area contributed by atoms with Gasteiger partial charge in [-0.25, -0.2) is 0 Å². The largest absolute Gasteiger partial charge is 0.350 e. The van der Waals surface area contributed by atoms with Crippen LogP contribution in [0, 0.1) is 13.8 Å². The fourth-order valence-corrected chi connectivity index (χ4v) is 3.24. The van der Waals surface area contributed by atoms with Crippen LogP contribution in [0.2, 0.25) is 0 Å². The lowest BCUT2D eigenvalue weighted by molar-refractivity contribution is -0.141. The van der Waals surface area contributed by atoms with Crippen LogP contribution in [-0.4, -0.2) is 28.3 Å². The minimum atomic E-state index is -0.506. The molecule has 0 saturated carbocycles. The van der Waals surface area contributed by atoms with E-state index in [2.05, 4.69) is 5.32 Å². The fourth-order valence-electron chi connectivity index (χ4n) is 3.24. The number of nitrogens with zero attached hydrogens (tertiary/aromatic N) is 1. The van der Waals surface area contributed by atoms with E-state index in [-0.39, 0.29) is 23.8 Å². The second kappa shape index (κ2) is 9.73. The molecule has 1 atom stereocenters. The van der Waals surface area contributed by atoms with Gasteiger partial charge in [0.05, 0.1) is 6.42 Å². The smallest absolute Gasteiger partial charge is 0.243 e. The summed E-state index contributed by atoms with van der Waals surface area (Å²) >= 11 is 0. The molecule has 2 aromatic carbocycles. The van der Waals surface area contributed by atoms with Gasteiger partial charge >= 0.3 is 0 Å². The third kappa shape index (κ3) is 7.04. The highest BCUT2D eigenvalue weighted by molar-refractivity contribution is 5.88. The molecule has 29 heavy (non-hydrogen) atoms. The van der Waals surface area contributed by atoms with E-state index in [0.717, 1.165) is 16.7 Å². The Bertz CT molecular complexity index is 817. The first-order valence-electron chi connectivity index (χ1n) is 10.3. The normalized spacial score (nSPS) is 12.3. The molecule has 1 unspecified atom stereocenters. The van der Waals surface area contributed by atoms with E-state index in [1.807, 2.05) is 90.1 Å². The molecule has 156 valence electrons. The Morgan fingerprint density at radius 1 is 0.897 bits per heavy atom. The number of amides is 2. The Morgan fingerprint density at radius 2 is 1.38 bits per heavy atom. The number of carbonyl (C=O) groups excluding carboxylic acids is 2. The minimum absolute atomic E-state index is 0.0367. The lowest BCUT2D eigenvalue weighted by atomic mass is 10.0. The lowest BCUT2D eigenvalue weighted by Crippen LogP contribution is -2.53. The zero-order valence-electron chi connectivity index (χ0n) is 18.6. The standard InChI is InChI=1S/C25H34N2O2/c1-7-22(24(29)26-25(4,5)6)27(17-21-14-10-19(3)11-15-21)23(28)16-20-12-8-18(2)9-13-20/h8-15,22H,7,16-17H2,1-6H3,(H,26,29). The lowest BCUT2D eigenvalue weighted by Gasteiger charge is -2.33. The molecule has 0 aliphatic rings. The average Bonchev–Trinajstić information content (AvgIpc) is 2.63. The summed E-state index contributed by atoms with van der Waals surface area (Å²) in [5, 5.41) is 3.04. The SMILES string of the molecule is CCC(C(=O)NC(C)(C)C)N(Cc1ccc(C)cc1)C(=O)Cc1ccc(C)cc1. The van der Waals surface area contributed by atoms with Gasteiger partial charge in [0.1, 0.15) is 6.04 Å². The third-order valence-electron chi connectivity index (χ3n) is 4.83. The van der Waals surface area contributed by atoms with Crippen molar-refractivity contribution >= 4 is 11.8 Å². The molecular weight excluding hydrogens is 360 g/mol. The van der Waals surface area contributed by atoms with Gasteiger partial charge in [-0.1, -0.05) is 66.6 Å². The first-order valence-corrected chi connectivity index (χ1v) is 10.3. The molecule has 4 heteroatoms. The number of hydrogen-bond donors (Lipinski definition) is 1. The van der Waals surface area contributed by atoms with Gasteiger partial charge in [-0.15, -0.1) is 0 Å². The molecule has 0 bridgehead atoms. The number of aryl methyl sites for hydroxylation is 2. The number of hydrogen-bond acceptors (Lipinski definition) is 2. The maximum Gasteiger partial charge on any atom is 0.243 e. The molecule has 4 nitrogen and oxygen atoms in total. The molecule has 0 fully saturated rings. The van der Waals surface area contributed by atoms with Gasteiger partial charge in [-0.3, -0.25) is 9.59 Å². The van der Waals surface area contributed by atoms with Gasteiger partial charge < -0.3 is 10.2 Å². The molecule has 0 aliphatic carbocycles. The van der Waals surface area contributed by atoms with Crippen molar-refractivity contribution < 1.29 is 9.59 Å². The van der Waals surface area contributed by atoms with Gasteiger partial charge in [0.2, 0.25) is 11.8 Å². The van der Waals surface area contributed by atoms with Crippen molar-refractivity contribution in [2.45, 2.75) is 72.5 Å². The van der Waals surface area contributed by atoms with Crippen molar-refractivity contribution in [3.05, 3.63) is 70.8 Å². The molecule has 0 spiro atoms. The first kappa shape index (κ1) is 22.7. The van der Waals surface area contributed by atoms with E-state index in [4.69, 9.17) is 0 Å². The van der Waals surface area contributed by atoms with Gasteiger partial charge in [-0.2, -0.15) is 0 Å². The van der Waals surface area contributed by atoms with Crippen molar-refractivity contribution in [1.82, 2.24) is 10.2 Å². The quantitative estimate of drug-likeness (QED) is 0.748. The fraction of sp³-hybridized carbons (Fsp3) is 0.440. The molecule has 0 aromatic heterocycles. The summed E-state index contributed by atoms with van der Waals surface area (Å²) in [6.07, 6.45) is 0.846. The monoisotopic (exact) mass is 394 g/mol. The molecule has 0 aliphatic heterocycles. The van der Waals surface area contributed by atoms with Crippen molar-refractivity contribution in [2.24, 2.45) is 0 Å². The Kier molecular flexibility index (Phi) is 7.60.